The predicted octanol–water partition coefficient (Wildman–Crippen LogP) is 1.14. The van der Waals surface area contributed by atoms with E-state index in [1.807, 2.05) is 0 Å². The van der Waals surface area contributed by atoms with Crippen LogP contribution in [0.15, 0.2) is 11.4 Å². The summed E-state index contributed by atoms with van der Waals surface area (Å²) in [6.45, 7) is 3.92. The summed E-state index contributed by atoms with van der Waals surface area (Å²) in [7, 11) is 1.33. The molecule has 0 aliphatic carbocycles. The standard InChI is InChI=1S/C14H21N3O3S/c1-9-5-10(6-15)7-17(9)8-12(18)16-11-3-4-21-13(11)14(19)20-2/h3-4,9-10H,5-8,15H2,1-2H3,(H,16,18). The largest absolute Gasteiger partial charge is 0.465 e. The number of hydrogen-bond acceptors (Lipinski definition) is 6. The summed E-state index contributed by atoms with van der Waals surface area (Å²) in [5.41, 5.74) is 6.20. The van der Waals surface area contributed by atoms with Crippen LogP contribution in [0.3, 0.4) is 0 Å². The highest BCUT2D eigenvalue weighted by atomic mass is 32.1. The molecule has 1 aromatic rings. The molecule has 2 unspecified atom stereocenters. The lowest BCUT2D eigenvalue weighted by Crippen LogP contribution is -2.36. The molecule has 2 heterocycles. The quantitative estimate of drug-likeness (QED) is 0.797. The van der Waals surface area contributed by atoms with E-state index in [0.717, 1.165) is 13.0 Å². The van der Waals surface area contributed by atoms with Crippen LogP contribution in [0.5, 0.6) is 0 Å². The molecular weight excluding hydrogens is 290 g/mol. The Bertz CT molecular complexity index is 517. The molecule has 1 fully saturated rings. The number of likely N-dealkylation sites (tertiary alicyclic amines) is 1. The van der Waals surface area contributed by atoms with Gasteiger partial charge in [0, 0.05) is 12.6 Å². The van der Waals surface area contributed by atoms with Crippen molar-refractivity contribution in [1.29, 1.82) is 0 Å². The van der Waals surface area contributed by atoms with Gasteiger partial charge < -0.3 is 15.8 Å². The molecule has 1 aliphatic heterocycles. The first-order chi connectivity index (χ1) is 10.0. The predicted molar refractivity (Wildman–Crippen MR) is 82.5 cm³/mol. The Balaban J connectivity index is 1.94. The molecule has 1 amide bonds. The number of nitrogens with two attached hydrogens (primary N) is 1. The second-order valence-corrected chi connectivity index (χ2v) is 6.24. The second-order valence-electron chi connectivity index (χ2n) is 5.32. The number of esters is 1. The number of nitrogens with one attached hydrogen (secondary N) is 1. The number of anilines is 1. The van der Waals surface area contributed by atoms with E-state index in [2.05, 4.69) is 17.1 Å². The fourth-order valence-electron chi connectivity index (χ4n) is 2.64. The maximum atomic E-state index is 12.1. The van der Waals surface area contributed by atoms with Gasteiger partial charge >= 0.3 is 5.97 Å². The SMILES string of the molecule is COC(=O)c1sccc1NC(=O)CN1CC(CN)CC1C. The first kappa shape index (κ1) is 15.9. The first-order valence-corrected chi connectivity index (χ1v) is 7.82. The van der Waals surface area contributed by atoms with Crippen molar-refractivity contribution in [2.45, 2.75) is 19.4 Å². The van der Waals surface area contributed by atoms with Crippen molar-refractivity contribution in [2.24, 2.45) is 11.7 Å². The summed E-state index contributed by atoms with van der Waals surface area (Å²) in [5.74, 6) is -0.0966. The van der Waals surface area contributed by atoms with Gasteiger partial charge in [0.25, 0.3) is 0 Å². The van der Waals surface area contributed by atoms with Crippen molar-refractivity contribution in [3.8, 4) is 0 Å². The second kappa shape index (κ2) is 7.02. The van der Waals surface area contributed by atoms with E-state index < -0.39 is 5.97 Å². The Hall–Kier alpha value is -1.44. The number of methoxy groups -OCH3 is 1. The summed E-state index contributed by atoms with van der Waals surface area (Å²) in [5, 5.41) is 4.54. The lowest BCUT2D eigenvalue weighted by atomic mass is 10.1. The molecule has 2 atom stereocenters. The van der Waals surface area contributed by atoms with Crippen LogP contribution in [0.25, 0.3) is 0 Å². The van der Waals surface area contributed by atoms with Crippen molar-refractivity contribution in [2.75, 3.05) is 32.1 Å². The number of rotatable bonds is 5. The maximum Gasteiger partial charge on any atom is 0.350 e. The molecule has 7 heteroatoms. The molecule has 0 saturated carbocycles. The zero-order chi connectivity index (χ0) is 15.4. The number of amides is 1. The summed E-state index contributed by atoms with van der Waals surface area (Å²) in [4.78, 5) is 26.2. The number of ether oxygens (including phenoxy) is 1. The Morgan fingerprint density at radius 2 is 2.33 bits per heavy atom. The molecule has 0 aromatic carbocycles. The number of hydrogen-bond donors (Lipinski definition) is 2. The molecule has 2 rings (SSSR count). The molecule has 6 nitrogen and oxygen atoms in total. The van der Waals surface area contributed by atoms with E-state index in [-0.39, 0.29) is 5.91 Å². The molecule has 1 saturated heterocycles. The van der Waals surface area contributed by atoms with Gasteiger partial charge in [-0.1, -0.05) is 0 Å². The fraction of sp³-hybridized carbons (Fsp3) is 0.571. The van der Waals surface area contributed by atoms with Crippen LogP contribution in [-0.2, 0) is 9.53 Å². The average Bonchev–Trinajstić information content (AvgIpc) is 3.05. The van der Waals surface area contributed by atoms with Crippen LogP contribution in [-0.4, -0.2) is 49.6 Å². The average molecular weight is 311 g/mol. The van der Waals surface area contributed by atoms with Crippen molar-refractivity contribution >= 4 is 28.9 Å². The van der Waals surface area contributed by atoms with E-state index in [1.165, 1.54) is 18.4 Å². The highest BCUT2D eigenvalue weighted by Crippen LogP contribution is 2.24. The summed E-state index contributed by atoms with van der Waals surface area (Å²) in [6.07, 6.45) is 1.02. The van der Waals surface area contributed by atoms with E-state index in [1.54, 1.807) is 11.4 Å². The monoisotopic (exact) mass is 311 g/mol. The third-order valence-corrected chi connectivity index (χ3v) is 4.68. The zero-order valence-corrected chi connectivity index (χ0v) is 13.1. The van der Waals surface area contributed by atoms with Crippen LogP contribution in [0.4, 0.5) is 5.69 Å². The molecule has 116 valence electrons. The highest BCUT2D eigenvalue weighted by Gasteiger charge is 2.29. The van der Waals surface area contributed by atoms with Gasteiger partial charge in [-0.3, -0.25) is 9.69 Å². The lowest BCUT2D eigenvalue weighted by molar-refractivity contribution is -0.117. The Kier molecular flexibility index (Phi) is 5.33. The third kappa shape index (κ3) is 3.81. The van der Waals surface area contributed by atoms with Crippen molar-refractivity contribution in [3.05, 3.63) is 16.3 Å². The van der Waals surface area contributed by atoms with E-state index in [0.29, 0.717) is 35.6 Å². The Morgan fingerprint density at radius 3 is 2.95 bits per heavy atom. The molecule has 0 bridgehead atoms. The molecule has 0 radical (unpaired) electrons. The number of thiophene rings is 1. The summed E-state index contributed by atoms with van der Waals surface area (Å²) < 4.78 is 4.69. The molecule has 1 aromatic heterocycles. The van der Waals surface area contributed by atoms with Crippen LogP contribution in [0, 0.1) is 5.92 Å². The highest BCUT2D eigenvalue weighted by molar-refractivity contribution is 7.12. The fourth-order valence-corrected chi connectivity index (χ4v) is 3.41. The number of carbonyl (C=O) groups is 2. The minimum absolute atomic E-state index is 0.122. The normalized spacial score (nSPS) is 22.2. The van der Waals surface area contributed by atoms with Gasteiger partial charge in [-0.2, -0.15) is 0 Å². The van der Waals surface area contributed by atoms with Gasteiger partial charge in [0.15, 0.2) is 0 Å². The molecular formula is C14H21N3O3S. The van der Waals surface area contributed by atoms with Gasteiger partial charge in [0.2, 0.25) is 5.91 Å². The minimum Gasteiger partial charge on any atom is -0.465 e. The molecule has 3 N–H and O–H groups in total. The molecule has 0 spiro atoms. The van der Waals surface area contributed by atoms with Crippen LogP contribution < -0.4 is 11.1 Å². The van der Waals surface area contributed by atoms with E-state index >= 15 is 0 Å². The van der Waals surface area contributed by atoms with Gasteiger partial charge in [0.05, 0.1) is 19.3 Å². The number of carbonyl (C=O) groups excluding carboxylic acids is 2. The Labute approximate surface area is 128 Å². The summed E-state index contributed by atoms with van der Waals surface area (Å²) >= 11 is 1.25. The van der Waals surface area contributed by atoms with Crippen LogP contribution in [0.1, 0.15) is 23.0 Å². The summed E-state index contributed by atoms with van der Waals surface area (Å²) in [6, 6.07) is 2.07. The lowest BCUT2D eigenvalue weighted by Gasteiger charge is -2.20. The van der Waals surface area contributed by atoms with Gasteiger partial charge in [-0.05, 0) is 37.3 Å². The maximum absolute atomic E-state index is 12.1. The first-order valence-electron chi connectivity index (χ1n) is 6.95. The van der Waals surface area contributed by atoms with Crippen LogP contribution in [0.2, 0.25) is 0 Å². The van der Waals surface area contributed by atoms with Gasteiger partial charge in [-0.25, -0.2) is 4.79 Å². The van der Waals surface area contributed by atoms with Crippen molar-refractivity contribution < 1.29 is 14.3 Å². The minimum atomic E-state index is -0.432. The van der Waals surface area contributed by atoms with Crippen molar-refractivity contribution in [3.63, 3.8) is 0 Å². The van der Waals surface area contributed by atoms with E-state index in [9.17, 15) is 9.59 Å². The third-order valence-electron chi connectivity index (χ3n) is 3.78. The topological polar surface area (TPSA) is 84.7 Å². The molecule has 1 aliphatic rings. The number of nitrogens with zero attached hydrogens (tertiary/aromatic N) is 1. The van der Waals surface area contributed by atoms with Gasteiger partial charge in [-0.15, -0.1) is 11.3 Å². The zero-order valence-electron chi connectivity index (χ0n) is 12.3. The Morgan fingerprint density at radius 1 is 1.57 bits per heavy atom. The molecule has 21 heavy (non-hydrogen) atoms. The van der Waals surface area contributed by atoms with Gasteiger partial charge in [0.1, 0.15) is 4.88 Å². The van der Waals surface area contributed by atoms with Crippen molar-refractivity contribution in [1.82, 2.24) is 4.90 Å². The van der Waals surface area contributed by atoms with Crippen LogP contribution >= 0.6 is 11.3 Å². The van der Waals surface area contributed by atoms with E-state index in [4.69, 9.17) is 10.5 Å². The smallest absolute Gasteiger partial charge is 0.350 e.